The van der Waals surface area contributed by atoms with Gasteiger partial charge >= 0.3 is 0 Å². The van der Waals surface area contributed by atoms with Crippen molar-refractivity contribution in [2.45, 2.75) is 39.2 Å². The minimum absolute atomic E-state index is 0.187. The second-order valence-corrected chi connectivity index (χ2v) is 5.55. The third-order valence-electron chi connectivity index (χ3n) is 3.98. The van der Waals surface area contributed by atoms with E-state index >= 15 is 0 Å². The third-order valence-corrected chi connectivity index (χ3v) is 4.27. The molecule has 0 aliphatic heterocycles. The van der Waals surface area contributed by atoms with Crippen molar-refractivity contribution in [3.8, 4) is 0 Å². The highest BCUT2D eigenvalue weighted by Gasteiger charge is 2.26. The quantitative estimate of drug-likeness (QED) is 0.807. The van der Waals surface area contributed by atoms with Gasteiger partial charge in [0.2, 0.25) is 0 Å². The molecule has 1 aromatic carbocycles. The summed E-state index contributed by atoms with van der Waals surface area (Å²) in [5, 5.41) is 3.66. The molecule has 1 saturated carbocycles. The van der Waals surface area contributed by atoms with Crippen molar-refractivity contribution in [2.24, 2.45) is 11.8 Å². The molecule has 1 aromatic rings. The van der Waals surface area contributed by atoms with E-state index in [2.05, 4.69) is 19.2 Å². The van der Waals surface area contributed by atoms with Gasteiger partial charge in [0.1, 0.15) is 5.82 Å². The zero-order chi connectivity index (χ0) is 12.4. The standard InChI is InChI=1S/C14H19ClFN/c1-9-4-3-5-14(10(9)2)17-11-6-7-13(16)12(15)8-11/h6-10,14,17H,3-5H2,1-2H3. The molecule has 1 aliphatic carbocycles. The summed E-state index contributed by atoms with van der Waals surface area (Å²) in [5.74, 6) is 1.03. The number of rotatable bonds is 2. The fourth-order valence-corrected chi connectivity index (χ4v) is 2.77. The van der Waals surface area contributed by atoms with Crippen LogP contribution in [0.2, 0.25) is 5.02 Å². The van der Waals surface area contributed by atoms with Crippen LogP contribution >= 0.6 is 11.6 Å². The Morgan fingerprint density at radius 2 is 2.06 bits per heavy atom. The Hall–Kier alpha value is -0.760. The van der Waals surface area contributed by atoms with E-state index in [1.807, 2.05) is 0 Å². The average molecular weight is 256 g/mol. The van der Waals surface area contributed by atoms with E-state index in [0.717, 1.165) is 11.6 Å². The van der Waals surface area contributed by atoms with Crippen LogP contribution in [0.5, 0.6) is 0 Å². The van der Waals surface area contributed by atoms with Crippen LogP contribution in [-0.4, -0.2) is 6.04 Å². The number of hydrogen-bond donors (Lipinski definition) is 1. The van der Waals surface area contributed by atoms with E-state index in [0.29, 0.717) is 12.0 Å². The van der Waals surface area contributed by atoms with Crippen LogP contribution < -0.4 is 5.32 Å². The summed E-state index contributed by atoms with van der Waals surface area (Å²) in [7, 11) is 0. The molecular formula is C14H19ClFN. The van der Waals surface area contributed by atoms with Gasteiger partial charge in [-0.25, -0.2) is 4.39 Å². The maximum absolute atomic E-state index is 13.1. The van der Waals surface area contributed by atoms with Gasteiger partial charge in [0.25, 0.3) is 0 Å². The zero-order valence-corrected chi connectivity index (χ0v) is 11.1. The Kier molecular flexibility index (Phi) is 3.93. The molecule has 0 saturated heterocycles. The van der Waals surface area contributed by atoms with Gasteiger partial charge in [-0.3, -0.25) is 0 Å². The summed E-state index contributed by atoms with van der Waals surface area (Å²) in [5.41, 5.74) is 0.919. The molecule has 0 spiro atoms. The molecule has 17 heavy (non-hydrogen) atoms. The average Bonchev–Trinajstić information content (AvgIpc) is 2.30. The van der Waals surface area contributed by atoms with Gasteiger partial charge < -0.3 is 5.32 Å². The lowest BCUT2D eigenvalue weighted by molar-refractivity contribution is 0.253. The lowest BCUT2D eigenvalue weighted by Gasteiger charge is -2.35. The number of benzene rings is 1. The second-order valence-electron chi connectivity index (χ2n) is 5.15. The van der Waals surface area contributed by atoms with Gasteiger partial charge in [0, 0.05) is 11.7 Å². The summed E-state index contributed by atoms with van der Waals surface area (Å²) < 4.78 is 13.1. The van der Waals surface area contributed by atoms with Gasteiger partial charge in [-0.1, -0.05) is 38.3 Å². The number of anilines is 1. The molecule has 2 rings (SSSR count). The van der Waals surface area contributed by atoms with Crippen LogP contribution in [0.1, 0.15) is 33.1 Å². The largest absolute Gasteiger partial charge is 0.382 e. The molecule has 0 amide bonds. The molecule has 3 atom stereocenters. The summed E-state index contributed by atoms with van der Waals surface area (Å²) in [6.45, 7) is 4.59. The zero-order valence-electron chi connectivity index (χ0n) is 10.3. The van der Waals surface area contributed by atoms with Crippen molar-refractivity contribution in [1.29, 1.82) is 0 Å². The molecule has 94 valence electrons. The Bertz CT molecular complexity index is 394. The molecule has 3 unspecified atom stereocenters. The molecule has 0 heterocycles. The number of hydrogen-bond acceptors (Lipinski definition) is 1. The van der Waals surface area contributed by atoms with Crippen molar-refractivity contribution in [2.75, 3.05) is 5.32 Å². The van der Waals surface area contributed by atoms with Crippen LogP contribution in [0, 0.1) is 17.7 Å². The fourth-order valence-electron chi connectivity index (χ4n) is 2.59. The molecule has 0 radical (unpaired) electrons. The van der Waals surface area contributed by atoms with Crippen molar-refractivity contribution >= 4 is 17.3 Å². The monoisotopic (exact) mass is 255 g/mol. The van der Waals surface area contributed by atoms with Crippen LogP contribution in [0.4, 0.5) is 10.1 Å². The van der Waals surface area contributed by atoms with Gasteiger partial charge in [-0.2, -0.15) is 0 Å². The minimum atomic E-state index is -0.359. The molecule has 1 nitrogen and oxygen atoms in total. The molecule has 1 fully saturated rings. The van der Waals surface area contributed by atoms with Crippen molar-refractivity contribution in [3.05, 3.63) is 29.0 Å². The fraction of sp³-hybridized carbons (Fsp3) is 0.571. The smallest absolute Gasteiger partial charge is 0.141 e. The molecule has 1 N–H and O–H groups in total. The predicted octanol–water partition coefficient (Wildman–Crippen LogP) is 4.72. The summed E-state index contributed by atoms with van der Waals surface area (Å²) >= 11 is 5.78. The summed E-state index contributed by atoms with van der Waals surface area (Å²) in [6, 6.07) is 5.32. The summed E-state index contributed by atoms with van der Waals surface area (Å²) in [4.78, 5) is 0. The first-order valence-electron chi connectivity index (χ1n) is 6.29. The van der Waals surface area contributed by atoms with E-state index in [1.165, 1.54) is 25.3 Å². The predicted molar refractivity (Wildman–Crippen MR) is 71.0 cm³/mol. The van der Waals surface area contributed by atoms with Crippen molar-refractivity contribution < 1.29 is 4.39 Å². The highest BCUT2D eigenvalue weighted by molar-refractivity contribution is 6.31. The molecule has 1 aliphatic rings. The van der Waals surface area contributed by atoms with Gasteiger partial charge in [0.05, 0.1) is 5.02 Å². The van der Waals surface area contributed by atoms with Crippen LogP contribution in [0.15, 0.2) is 18.2 Å². The van der Waals surface area contributed by atoms with Crippen molar-refractivity contribution in [1.82, 2.24) is 0 Å². The van der Waals surface area contributed by atoms with E-state index in [-0.39, 0.29) is 10.8 Å². The first-order valence-corrected chi connectivity index (χ1v) is 6.67. The van der Waals surface area contributed by atoms with E-state index in [4.69, 9.17) is 11.6 Å². The summed E-state index contributed by atoms with van der Waals surface area (Å²) in [6.07, 6.45) is 3.75. The maximum Gasteiger partial charge on any atom is 0.141 e. The lowest BCUT2D eigenvalue weighted by atomic mass is 9.78. The number of halogens is 2. The van der Waals surface area contributed by atoms with Crippen LogP contribution in [-0.2, 0) is 0 Å². The van der Waals surface area contributed by atoms with Gasteiger partial charge in [0.15, 0.2) is 0 Å². The minimum Gasteiger partial charge on any atom is -0.382 e. The highest BCUT2D eigenvalue weighted by atomic mass is 35.5. The van der Waals surface area contributed by atoms with Crippen molar-refractivity contribution in [3.63, 3.8) is 0 Å². The normalized spacial score (nSPS) is 29.1. The van der Waals surface area contributed by atoms with E-state index < -0.39 is 0 Å². The SMILES string of the molecule is CC1CCCC(Nc2ccc(F)c(Cl)c2)C1C. The molecule has 0 bridgehead atoms. The first kappa shape index (κ1) is 12.7. The van der Waals surface area contributed by atoms with Gasteiger partial charge in [-0.05, 0) is 36.5 Å². The maximum atomic E-state index is 13.1. The Balaban J connectivity index is 2.07. The lowest BCUT2D eigenvalue weighted by Crippen LogP contribution is -2.34. The molecule has 3 heteroatoms. The van der Waals surface area contributed by atoms with Crippen LogP contribution in [0.3, 0.4) is 0 Å². The topological polar surface area (TPSA) is 12.0 Å². The van der Waals surface area contributed by atoms with E-state index in [9.17, 15) is 4.39 Å². The Labute approximate surface area is 107 Å². The number of nitrogens with one attached hydrogen (secondary N) is 1. The second kappa shape index (κ2) is 5.26. The highest BCUT2D eigenvalue weighted by Crippen LogP contribution is 2.32. The van der Waals surface area contributed by atoms with E-state index in [1.54, 1.807) is 12.1 Å². The molecular weight excluding hydrogens is 237 g/mol. The van der Waals surface area contributed by atoms with Gasteiger partial charge in [-0.15, -0.1) is 0 Å². The molecule has 0 aromatic heterocycles. The van der Waals surface area contributed by atoms with Crippen LogP contribution in [0.25, 0.3) is 0 Å². The third kappa shape index (κ3) is 2.92. The Morgan fingerprint density at radius 1 is 1.29 bits per heavy atom. The first-order chi connectivity index (χ1) is 8.08. The Morgan fingerprint density at radius 3 is 2.76 bits per heavy atom.